The normalized spacial score (nSPS) is 11.3. The van der Waals surface area contributed by atoms with Gasteiger partial charge in [0.1, 0.15) is 11.3 Å². The highest BCUT2D eigenvalue weighted by atomic mass is 35.5. The summed E-state index contributed by atoms with van der Waals surface area (Å²) in [4.78, 5) is 14.5. The summed E-state index contributed by atoms with van der Waals surface area (Å²) in [7, 11) is 0. The number of aromatic nitrogens is 4. The molecule has 0 spiro atoms. The molecule has 0 aromatic carbocycles. The molecular weight excluding hydrogens is 280 g/mol. The lowest BCUT2D eigenvalue weighted by Gasteiger charge is -2.05. The molecule has 0 aliphatic carbocycles. The zero-order valence-corrected chi connectivity index (χ0v) is 12.1. The van der Waals surface area contributed by atoms with E-state index in [1.54, 1.807) is 11.3 Å². The number of hydrogen-bond donors (Lipinski definition) is 0. The van der Waals surface area contributed by atoms with Gasteiger partial charge in [-0.15, -0.1) is 22.9 Å². The van der Waals surface area contributed by atoms with Crippen LogP contribution in [0.3, 0.4) is 0 Å². The molecule has 0 unspecified atom stereocenters. The first-order valence-corrected chi connectivity index (χ1v) is 7.45. The van der Waals surface area contributed by atoms with Crippen LogP contribution in [0.15, 0.2) is 24.0 Å². The van der Waals surface area contributed by atoms with Crippen molar-refractivity contribution >= 4 is 34.1 Å². The maximum atomic E-state index is 5.87. The van der Waals surface area contributed by atoms with Gasteiger partial charge in [-0.05, 0) is 18.6 Å². The molecule has 0 saturated carbocycles. The summed E-state index contributed by atoms with van der Waals surface area (Å²) >= 11 is 7.51. The Morgan fingerprint density at radius 2 is 2.32 bits per heavy atom. The number of aryl methyl sites for hydroxylation is 2. The fourth-order valence-corrected chi connectivity index (χ4v) is 2.85. The van der Waals surface area contributed by atoms with E-state index in [-0.39, 0.29) is 0 Å². The minimum Gasteiger partial charge on any atom is -0.307 e. The Morgan fingerprint density at radius 1 is 1.42 bits per heavy atom. The fourth-order valence-electron chi connectivity index (χ4n) is 2.10. The van der Waals surface area contributed by atoms with Crippen molar-refractivity contribution in [3.8, 4) is 0 Å². The van der Waals surface area contributed by atoms with Crippen LogP contribution in [0.4, 0.5) is 0 Å². The second kappa shape index (κ2) is 5.27. The van der Waals surface area contributed by atoms with Gasteiger partial charge in [-0.2, -0.15) is 0 Å². The van der Waals surface area contributed by atoms with E-state index in [2.05, 4.69) is 26.4 Å². The Balaban J connectivity index is 2.13. The second-order valence-electron chi connectivity index (χ2n) is 4.32. The predicted octanol–water partition coefficient (Wildman–Crippen LogP) is 3.03. The number of pyridine rings is 1. The van der Waals surface area contributed by atoms with Crippen molar-refractivity contribution in [1.29, 1.82) is 0 Å². The van der Waals surface area contributed by atoms with Crippen LogP contribution in [0.2, 0.25) is 0 Å². The van der Waals surface area contributed by atoms with Crippen molar-refractivity contribution in [3.63, 3.8) is 0 Å². The van der Waals surface area contributed by atoms with Gasteiger partial charge >= 0.3 is 0 Å². The van der Waals surface area contributed by atoms with Crippen molar-refractivity contribution in [2.24, 2.45) is 0 Å². The number of imidazole rings is 1. The molecule has 0 bridgehead atoms. The third-order valence-corrected chi connectivity index (χ3v) is 3.98. The molecule has 0 atom stereocenters. The lowest BCUT2D eigenvalue weighted by molar-refractivity contribution is 0.755. The van der Waals surface area contributed by atoms with Gasteiger partial charge in [-0.3, -0.25) is 4.98 Å². The summed E-state index contributed by atoms with van der Waals surface area (Å²) < 4.78 is 2.14. The van der Waals surface area contributed by atoms with Crippen molar-refractivity contribution in [2.75, 3.05) is 5.88 Å². The zero-order chi connectivity index (χ0) is 13.2. The zero-order valence-electron chi connectivity index (χ0n) is 10.5. The maximum absolute atomic E-state index is 5.87. The topological polar surface area (TPSA) is 43.6 Å². The number of fused-ring (bicyclic) bond motifs is 1. The maximum Gasteiger partial charge on any atom is 0.160 e. The first-order chi connectivity index (χ1) is 9.29. The molecule has 6 heteroatoms. The van der Waals surface area contributed by atoms with E-state index in [1.807, 2.05) is 24.0 Å². The number of hydrogen-bond acceptors (Lipinski definition) is 4. The van der Waals surface area contributed by atoms with Gasteiger partial charge < -0.3 is 4.57 Å². The van der Waals surface area contributed by atoms with Gasteiger partial charge in [0.05, 0.1) is 12.1 Å². The standard InChI is InChI=1S/C13H13ClN4S/c1-9-3-5-16-13-12(9)17-11(2-4-14)18(13)7-10-6-15-8-19-10/h3,5-6,8H,2,4,7H2,1H3. The quantitative estimate of drug-likeness (QED) is 0.694. The second-order valence-corrected chi connectivity index (χ2v) is 5.67. The van der Waals surface area contributed by atoms with Crippen LogP contribution in [0.5, 0.6) is 0 Å². The number of thiazole rings is 1. The Labute approximate surface area is 120 Å². The molecule has 19 heavy (non-hydrogen) atoms. The largest absolute Gasteiger partial charge is 0.307 e. The van der Waals surface area contributed by atoms with Crippen LogP contribution in [-0.4, -0.2) is 25.4 Å². The monoisotopic (exact) mass is 292 g/mol. The first kappa shape index (κ1) is 12.6. The molecule has 4 nitrogen and oxygen atoms in total. The molecule has 0 fully saturated rings. The first-order valence-electron chi connectivity index (χ1n) is 6.03. The van der Waals surface area contributed by atoms with E-state index < -0.39 is 0 Å². The Bertz CT molecular complexity index is 690. The molecular formula is C13H13ClN4S. The van der Waals surface area contributed by atoms with Gasteiger partial charge in [0.15, 0.2) is 5.65 Å². The van der Waals surface area contributed by atoms with Crippen LogP contribution >= 0.6 is 22.9 Å². The van der Waals surface area contributed by atoms with E-state index in [0.29, 0.717) is 5.88 Å². The highest BCUT2D eigenvalue weighted by Gasteiger charge is 2.13. The number of nitrogens with zero attached hydrogens (tertiary/aromatic N) is 4. The van der Waals surface area contributed by atoms with Crippen molar-refractivity contribution in [2.45, 2.75) is 19.9 Å². The fraction of sp³-hybridized carbons (Fsp3) is 0.308. The molecule has 3 aromatic heterocycles. The highest BCUT2D eigenvalue weighted by Crippen LogP contribution is 2.20. The van der Waals surface area contributed by atoms with E-state index in [4.69, 9.17) is 11.6 Å². The Kier molecular flexibility index (Phi) is 3.48. The van der Waals surface area contributed by atoms with Crippen LogP contribution in [-0.2, 0) is 13.0 Å². The minimum atomic E-state index is 0.561. The highest BCUT2D eigenvalue weighted by molar-refractivity contribution is 7.09. The molecule has 3 rings (SSSR count). The van der Waals surface area contributed by atoms with E-state index >= 15 is 0 Å². The SMILES string of the molecule is Cc1ccnc2c1nc(CCCl)n2Cc1cncs1. The summed E-state index contributed by atoms with van der Waals surface area (Å²) in [5.41, 5.74) is 4.87. The van der Waals surface area contributed by atoms with Gasteiger partial charge in [-0.1, -0.05) is 0 Å². The van der Waals surface area contributed by atoms with E-state index in [1.165, 1.54) is 4.88 Å². The summed E-state index contributed by atoms with van der Waals surface area (Å²) in [6.07, 6.45) is 4.46. The van der Waals surface area contributed by atoms with Gasteiger partial charge in [-0.25, -0.2) is 9.97 Å². The smallest absolute Gasteiger partial charge is 0.160 e. The molecule has 3 heterocycles. The van der Waals surface area contributed by atoms with Crippen LogP contribution in [0.1, 0.15) is 16.3 Å². The summed E-state index contributed by atoms with van der Waals surface area (Å²) in [5, 5.41) is 0. The lowest BCUT2D eigenvalue weighted by Crippen LogP contribution is -2.05. The van der Waals surface area contributed by atoms with Crippen molar-refractivity contribution < 1.29 is 0 Å². The minimum absolute atomic E-state index is 0.561. The number of halogens is 1. The van der Waals surface area contributed by atoms with Crippen molar-refractivity contribution in [3.05, 3.63) is 40.2 Å². The third kappa shape index (κ3) is 2.35. The summed E-state index contributed by atoms with van der Waals surface area (Å²) in [6, 6.07) is 1.98. The molecule has 98 valence electrons. The molecule has 0 amide bonds. The third-order valence-electron chi connectivity index (χ3n) is 3.03. The average molecular weight is 293 g/mol. The molecule has 3 aromatic rings. The van der Waals surface area contributed by atoms with Crippen molar-refractivity contribution in [1.82, 2.24) is 19.5 Å². The molecule has 0 radical (unpaired) electrons. The van der Waals surface area contributed by atoms with E-state index in [0.717, 1.165) is 35.5 Å². The molecule has 0 aliphatic heterocycles. The molecule has 0 N–H and O–H groups in total. The summed E-state index contributed by atoms with van der Waals surface area (Å²) in [6.45, 7) is 2.81. The predicted molar refractivity (Wildman–Crippen MR) is 77.9 cm³/mol. The number of alkyl halides is 1. The van der Waals surface area contributed by atoms with Gasteiger partial charge in [0.25, 0.3) is 0 Å². The Hall–Kier alpha value is -1.46. The Morgan fingerprint density at radius 3 is 3.05 bits per heavy atom. The van der Waals surface area contributed by atoms with Crippen LogP contribution in [0, 0.1) is 6.92 Å². The van der Waals surface area contributed by atoms with E-state index in [9.17, 15) is 0 Å². The number of rotatable bonds is 4. The molecule has 0 saturated heterocycles. The average Bonchev–Trinajstić information content (AvgIpc) is 3.01. The van der Waals surface area contributed by atoms with Crippen LogP contribution < -0.4 is 0 Å². The van der Waals surface area contributed by atoms with Gasteiger partial charge in [0.2, 0.25) is 0 Å². The lowest BCUT2D eigenvalue weighted by atomic mass is 10.3. The molecule has 0 aliphatic rings. The summed E-state index contributed by atoms with van der Waals surface area (Å²) in [5.74, 6) is 1.55. The van der Waals surface area contributed by atoms with Crippen LogP contribution in [0.25, 0.3) is 11.2 Å². The van der Waals surface area contributed by atoms with Gasteiger partial charge in [0, 0.05) is 29.6 Å².